The van der Waals surface area contributed by atoms with Crippen LogP contribution in [-0.2, 0) is 9.59 Å². The molecule has 32 heavy (non-hydrogen) atoms. The first-order chi connectivity index (χ1) is 15.6. The molecule has 3 fully saturated rings. The number of methoxy groups -OCH3 is 1. The van der Waals surface area contributed by atoms with E-state index in [-0.39, 0.29) is 11.8 Å². The third-order valence-corrected chi connectivity index (χ3v) is 7.47. The van der Waals surface area contributed by atoms with Crippen molar-refractivity contribution in [2.24, 2.45) is 5.41 Å². The van der Waals surface area contributed by atoms with Crippen LogP contribution >= 0.6 is 0 Å². The fourth-order valence-corrected chi connectivity index (χ4v) is 5.68. The maximum atomic E-state index is 13.8. The number of benzene rings is 2. The van der Waals surface area contributed by atoms with Gasteiger partial charge in [-0.05, 0) is 49.2 Å². The second kappa shape index (κ2) is 8.49. The number of para-hydroxylation sites is 1. The summed E-state index contributed by atoms with van der Waals surface area (Å²) in [6.45, 7) is 2.99. The number of rotatable bonds is 4. The molecular formula is C26H31N3O3. The van der Waals surface area contributed by atoms with Crippen molar-refractivity contribution in [1.82, 2.24) is 4.90 Å². The van der Waals surface area contributed by atoms with Gasteiger partial charge in [0.05, 0.1) is 12.5 Å². The van der Waals surface area contributed by atoms with Gasteiger partial charge in [0.2, 0.25) is 11.8 Å². The average molecular weight is 434 g/mol. The van der Waals surface area contributed by atoms with Crippen LogP contribution in [0, 0.1) is 5.41 Å². The highest BCUT2D eigenvalue weighted by Crippen LogP contribution is 2.52. The van der Waals surface area contributed by atoms with E-state index in [0.29, 0.717) is 13.1 Å². The van der Waals surface area contributed by atoms with E-state index in [0.717, 1.165) is 56.6 Å². The molecule has 3 aliphatic rings. The summed E-state index contributed by atoms with van der Waals surface area (Å²) in [5.74, 6) is 0.965. The molecule has 1 saturated carbocycles. The van der Waals surface area contributed by atoms with Crippen LogP contribution in [0.25, 0.3) is 0 Å². The Bertz CT molecular complexity index is 962. The number of β-lactam (4-membered cyclic amide) rings is 1. The van der Waals surface area contributed by atoms with Crippen LogP contribution in [0.5, 0.6) is 5.75 Å². The molecule has 0 bridgehead atoms. The molecule has 2 aliphatic heterocycles. The normalized spacial score (nSPS) is 22.6. The Morgan fingerprint density at radius 3 is 2.16 bits per heavy atom. The lowest BCUT2D eigenvalue weighted by Crippen LogP contribution is -2.75. The number of nitrogens with zero attached hydrogens (tertiary/aromatic N) is 3. The van der Waals surface area contributed by atoms with E-state index >= 15 is 0 Å². The van der Waals surface area contributed by atoms with Crippen LogP contribution in [0.2, 0.25) is 0 Å². The Hall–Kier alpha value is -3.02. The van der Waals surface area contributed by atoms with Crippen molar-refractivity contribution < 1.29 is 14.3 Å². The van der Waals surface area contributed by atoms with Gasteiger partial charge in [-0.25, -0.2) is 0 Å². The molecule has 1 unspecified atom stereocenters. The van der Waals surface area contributed by atoms with Crippen LogP contribution in [0.1, 0.15) is 32.1 Å². The van der Waals surface area contributed by atoms with Gasteiger partial charge in [0.15, 0.2) is 0 Å². The highest BCUT2D eigenvalue weighted by molar-refractivity contribution is 6.14. The van der Waals surface area contributed by atoms with Crippen molar-refractivity contribution in [2.45, 2.75) is 38.1 Å². The van der Waals surface area contributed by atoms with Crippen molar-refractivity contribution >= 4 is 23.2 Å². The van der Waals surface area contributed by atoms with E-state index in [1.165, 1.54) is 5.69 Å². The zero-order valence-corrected chi connectivity index (χ0v) is 18.7. The minimum Gasteiger partial charge on any atom is -0.497 e. The molecule has 2 amide bonds. The van der Waals surface area contributed by atoms with Crippen molar-refractivity contribution in [3.8, 4) is 5.75 Å². The molecule has 2 aromatic carbocycles. The Balaban J connectivity index is 1.36. The first kappa shape index (κ1) is 20.9. The minimum atomic E-state index is -0.522. The number of carbonyl (C=O) groups is 2. The third kappa shape index (κ3) is 3.42. The molecule has 0 aromatic heterocycles. The molecule has 6 heteroatoms. The van der Waals surface area contributed by atoms with Gasteiger partial charge in [0, 0.05) is 37.6 Å². The molecule has 168 valence electrons. The molecule has 1 atom stereocenters. The van der Waals surface area contributed by atoms with Crippen molar-refractivity contribution in [1.29, 1.82) is 0 Å². The smallest absolute Gasteiger partial charge is 0.247 e. The molecule has 1 aliphatic carbocycles. The summed E-state index contributed by atoms with van der Waals surface area (Å²) in [4.78, 5) is 33.3. The monoisotopic (exact) mass is 433 g/mol. The maximum Gasteiger partial charge on any atom is 0.247 e. The average Bonchev–Trinajstić information content (AvgIpc) is 2.87. The quantitative estimate of drug-likeness (QED) is 0.690. The molecular weight excluding hydrogens is 402 g/mol. The Morgan fingerprint density at radius 2 is 1.53 bits per heavy atom. The van der Waals surface area contributed by atoms with Crippen molar-refractivity contribution in [2.75, 3.05) is 43.1 Å². The van der Waals surface area contributed by atoms with Crippen LogP contribution in [0.15, 0.2) is 54.6 Å². The summed E-state index contributed by atoms with van der Waals surface area (Å²) in [6, 6.07) is 17.4. The molecule has 2 saturated heterocycles. The summed E-state index contributed by atoms with van der Waals surface area (Å²) in [7, 11) is 1.63. The lowest BCUT2D eigenvalue weighted by Gasteiger charge is -2.57. The van der Waals surface area contributed by atoms with Crippen molar-refractivity contribution in [3.63, 3.8) is 0 Å². The zero-order chi connectivity index (χ0) is 22.1. The molecule has 6 nitrogen and oxygen atoms in total. The number of hydrogen-bond acceptors (Lipinski definition) is 4. The van der Waals surface area contributed by atoms with Gasteiger partial charge >= 0.3 is 0 Å². The van der Waals surface area contributed by atoms with Gasteiger partial charge in [-0.1, -0.05) is 37.5 Å². The second-order valence-corrected chi connectivity index (χ2v) is 9.14. The first-order valence-corrected chi connectivity index (χ1v) is 11.7. The van der Waals surface area contributed by atoms with Gasteiger partial charge in [0.1, 0.15) is 11.8 Å². The third-order valence-electron chi connectivity index (χ3n) is 7.47. The minimum absolute atomic E-state index is 0.107. The van der Waals surface area contributed by atoms with Gasteiger partial charge in [0.25, 0.3) is 0 Å². The fourth-order valence-electron chi connectivity index (χ4n) is 5.68. The topological polar surface area (TPSA) is 53.1 Å². The van der Waals surface area contributed by atoms with E-state index < -0.39 is 11.5 Å². The number of piperazine rings is 1. The highest BCUT2D eigenvalue weighted by Gasteiger charge is 2.64. The van der Waals surface area contributed by atoms with Crippen LogP contribution in [0.3, 0.4) is 0 Å². The first-order valence-electron chi connectivity index (χ1n) is 11.7. The van der Waals surface area contributed by atoms with Gasteiger partial charge < -0.3 is 14.5 Å². The van der Waals surface area contributed by atoms with Crippen LogP contribution < -0.4 is 14.5 Å². The summed E-state index contributed by atoms with van der Waals surface area (Å²) >= 11 is 0. The fraction of sp³-hybridized carbons (Fsp3) is 0.462. The SMILES string of the molecule is COc1ccc(N2C(=O)C3(CCCCC3)C2C(=O)N2CCN(c3ccccc3)CC2)cc1. The molecule has 2 aromatic rings. The van der Waals surface area contributed by atoms with Gasteiger partial charge in [-0.15, -0.1) is 0 Å². The Labute approximate surface area is 189 Å². The van der Waals surface area contributed by atoms with E-state index in [2.05, 4.69) is 17.0 Å². The standard InChI is InChI=1S/C26H31N3O3/c1-32-22-12-10-21(11-13-22)29-23(26(25(29)31)14-6-3-7-15-26)24(30)28-18-16-27(17-19-28)20-8-4-2-5-9-20/h2,4-5,8-13,23H,3,6-7,14-19H2,1H3. The predicted octanol–water partition coefficient (Wildman–Crippen LogP) is 3.71. The lowest BCUT2D eigenvalue weighted by atomic mass is 9.61. The molecule has 1 spiro atoms. The molecule has 2 heterocycles. The van der Waals surface area contributed by atoms with Crippen molar-refractivity contribution in [3.05, 3.63) is 54.6 Å². The number of amides is 2. The van der Waals surface area contributed by atoms with Crippen LogP contribution in [-0.4, -0.2) is 56.0 Å². The summed E-state index contributed by atoms with van der Waals surface area (Å²) in [5, 5.41) is 0. The maximum absolute atomic E-state index is 13.8. The Kier molecular flexibility index (Phi) is 5.53. The predicted molar refractivity (Wildman–Crippen MR) is 125 cm³/mol. The summed E-state index contributed by atoms with van der Waals surface area (Å²) in [6.07, 6.45) is 4.83. The number of carbonyl (C=O) groups excluding carboxylic acids is 2. The van der Waals surface area contributed by atoms with Crippen LogP contribution in [0.4, 0.5) is 11.4 Å². The number of hydrogen-bond donors (Lipinski definition) is 0. The Morgan fingerprint density at radius 1 is 0.875 bits per heavy atom. The van der Waals surface area contributed by atoms with Gasteiger partial charge in [-0.2, -0.15) is 0 Å². The summed E-state index contributed by atoms with van der Waals surface area (Å²) < 4.78 is 5.27. The molecule has 5 rings (SSSR count). The lowest BCUT2D eigenvalue weighted by molar-refractivity contribution is -0.155. The van der Waals surface area contributed by atoms with Gasteiger partial charge in [-0.3, -0.25) is 14.5 Å². The molecule has 0 radical (unpaired) electrons. The van der Waals surface area contributed by atoms with E-state index in [9.17, 15) is 9.59 Å². The van der Waals surface area contributed by atoms with E-state index in [1.807, 2.05) is 47.4 Å². The second-order valence-electron chi connectivity index (χ2n) is 9.14. The van der Waals surface area contributed by atoms with E-state index in [1.54, 1.807) is 12.0 Å². The summed E-state index contributed by atoms with van der Waals surface area (Å²) in [5.41, 5.74) is 1.46. The van der Waals surface area contributed by atoms with E-state index in [4.69, 9.17) is 4.74 Å². The number of anilines is 2. The molecule has 0 N–H and O–H groups in total. The number of ether oxygens (including phenoxy) is 1. The highest BCUT2D eigenvalue weighted by atomic mass is 16.5. The largest absolute Gasteiger partial charge is 0.497 e. The zero-order valence-electron chi connectivity index (χ0n) is 18.7.